The Balaban J connectivity index is 1.95. The molecule has 1 aromatic heterocycles. The van der Waals surface area contributed by atoms with Crippen LogP contribution in [-0.2, 0) is 0 Å². The first-order valence-corrected chi connectivity index (χ1v) is 6.44. The Hall–Kier alpha value is -2.55. The van der Waals surface area contributed by atoms with Gasteiger partial charge < -0.3 is 9.15 Å². The second-order valence-corrected chi connectivity index (χ2v) is 4.57. The maximum Gasteiger partial charge on any atom is 0.226 e. The summed E-state index contributed by atoms with van der Waals surface area (Å²) in [6, 6.07) is 15.8. The van der Waals surface area contributed by atoms with Crippen molar-refractivity contribution in [3.05, 3.63) is 60.3 Å². The minimum atomic E-state index is 0.617. The minimum absolute atomic E-state index is 0.617. The van der Waals surface area contributed by atoms with E-state index >= 15 is 0 Å². The molecule has 0 atom stereocenters. The smallest absolute Gasteiger partial charge is 0.226 e. The molecule has 0 aliphatic carbocycles. The van der Waals surface area contributed by atoms with E-state index in [1.807, 2.05) is 42.5 Å². The largest absolute Gasteiger partial charge is 0.497 e. The Labute approximate surface area is 117 Å². The number of rotatable bonds is 3. The molecule has 100 valence electrons. The standard InChI is InChI=1S/C17H15NO2/c1-12-5-3-4-6-15(12)16-11-18-17(20-16)13-7-9-14(19-2)10-8-13/h3-11H,1-2H3. The molecule has 20 heavy (non-hydrogen) atoms. The summed E-state index contributed by atoms with van der Waals surface area (Å²) in [5.74, 6) is 2.22. The van der Waals surface area contributed by atoms with Crippen LogP contribution in [-0.4, -0.2) is 12.1 Å². The van der Waals surface area contributed by atoms with Gasteiger partial charge in [-0.3, -0.25) is 0 Å². The zero-order valence-corrected chi connectivity index (χ0v) is 11.5. The molecule has 3 nitrogen and oxygen atoms in total. The summed E-state index contributed by atoms with van der Waals surface area (Å²) in [7, 11) is 1.65. The lowest BCUT2D eigenvalue weighted by Crippen LogP contribution is -1.82. The number of aromatic nitrogens is 1. The molecule has 2 aromatic carbocycles. The van der Waals surface area contributed by atoms with Gasteiger partial charge in [-0.1, -0.05) is 24.3 Å². The summed E-state index contributed by atoms with van der Waals surface area (Å²) in [4.78, 5) is 4.35. The van der Waals surface area contributed by atoms with Crippen molar-refractivity contribution in [2.45, 2.75) is 6.92 Å². The van der Waals surface area contributed by atoms with E-state index in [4.69, 9.17) is 9.15 Å². The third-order valence-electron chi connectivity index (χ3n) is 3.25. The molecule has 0 aliphatic heterocycles. The number of benzene rings is 2. The van der Waals surface area contributed by atoms with Gasteiger partial charge in [-0.05, 0) is 36.8 Å². The predicted molar refractivity (Wildman–Crippen MR) is 78.7 cm³/mol. The van der Waals surface area contributed by atoms with E-state index < -0.39 is 0 Å². The molecule has 0 saturated heterocycles. The highest BCUT2D eigenvalue weighted by atomic mass is 16.5. The molecule has 3 aromatic rings. The fourth-order valence-corrected chi connectivity index (χ4v) is 2.12. The number of hydrogen-bond donors (Lipinski definition) is 0. The van der Waals surface area contributed by atoms with E-state index in [1.165, 1.54) is 5.56 Å². The molecule has 0 N–H and O–H groups in total. The van der Waals surface area contributed by atoms with Crippen molar-refractivity contribution < 1.29 is 9.15 Å². The van der Waals surface area contributed by atoms with Gasteiger partial charge in [0.05, 0.1) is 13.3 Å². The van der Waals surface area contributed by atoms with E-state index in [0.29, 0.717) is 5.89 Å². The Kier molecular flexibility index (Phi) is 3.25. The highest BCUT2D eigenvalue weighted by Crippen LogP contribution is 2.28. The van der Waals surface area contributed by atoms with Gasteiger partial charge in [-0.25, -0.2) is 4.98 Å². The van der Waals surface area contributed by atoms with Crippen molar-refractivity contribution in [1.29, 1.82) is 0 Å². The van der Waals surface area contributed by atoms with Crippen LogP contribution in [0, 0.1) is 6.92 Å². The lowest BCUT2D eigenvalue weighted by atomic mass is 10.1. The van der Waals surface area contributed by atoms with Gasteiger partial charge in [0.25, 0.3) is 0 Å². The van der Waals surface area contributed by atoms with Crippen LogP contribution in [0.25, 0.3) is 22.8 Å². The third-order valence-corrected chi connectivity index (χ3v) is 3.25. The fraction of sp³-hybridized carbons (Fsp3) is 0.118. The molecular weight excluding hydrogens is 250 g/mol. The normalized spacial score (nSPS) is 10.5. The SMILES string of the molecule is COc1ccc(-c2ncc(-c3ccccc3C)o2)cc1. The molecule has 0 unspecified atom stereocenters. The monoisotopic (exact) mass is 265 g/mol. The van der Waals surface area contributed by atoms with E-state index in [-0.39, 0.29) is 0 Å². The summed E-state index contributed by atoms with van der Waals surface area (Å²) in [5, 5.41) is 0. The van der Waals surface area contributed by atoms with Gasteiger partial charge in [0.1, 0.15) is 5.75 Å². The van der Waals surface area contributed by atoms with Gasteiger partial charge in [0.15, 0.2) is 5.76 Å². The van der Waals surface area contributed by atoms with Gasteiger partial charge in [-0.2, -0.15) is 0 Å². The molecule has 0 radical (unpaired) electrons. The topological polar surface area (TPSA) is 35.3 Å². The van der Waals surface area contributed by atoms with Crippen molar-refractivity contribution in [3.63, 3.8) is 0 Å². The number of aryl methyl sites for hydroxylation is 1. The quantitative estimate of drug-likeness (QED) is 0.707. The summed E-state index contributed by atoms with van der Waals surface area (Å²) < 4.78 is 11.0. The zero-order chi connectivity index (χ0) is 13.9. The van der Waals surface area contributed by atoms with Gasteiger partial charge >= 0.3 is 0 Å². The molecule has 0 bridgehead atoms. The first kappa shape index (κ1) is 12.5. The molecule has 0 spiro atoms. The van der Waals surface area contributed by atoms with Crippen molar-refractivity contribution in [2.24, 2.45) is 0 Å². The second kappa shape index (κ2) is 5.21. The van der Waals surface area contributed by atoms with Crippen LogP contribution in [0.1, 0.15) is 5.56 Å². The zero-order valence-electron chi connectivity index (χ0n) is 11.5. The molecule has 0 fully saturated rings. The third kappa shape index (κ3) is 2.30. The Bertz CT molecular complexity index is 714. The van der Waals surface area contributed by atoms with Crippen LogP contribution in [0.5, 0.6) is 5.75 Å². The lowest BCUT2D eigenvalue weighted by Gasteiger charge is -2.01. The van der Waals surface area contributed by atoms with E-state index in [2.05, 4.69) is 18.0 Å². The molecule has 3 heteroatoms. The Morgan fingerprint density at radius 3 is 2.45 bits per heavy atom. The fourth-order valence-electron chi connectivity index (χ4n) is 2.12. The number of hydrogen-bond acceptors (Lipinski definition) is 3. The predicted octanol–water partition coefficient (Wildman–Crippen LogP) is 4.33. The first-order chi connectivity index (χ1) is 9.78. The maximum atomic E-state index is 5.86. The minimum Gasteiger partial charge on any atom is -0.497 e. The highest BCUT2D eigenvalue weighted by molar-refractivity contribution is 5.64. The molecule has 0 saturated carbocycles. The van der Waals surface area contributed by atoms with Gasteiger partial charge in [-0.15, -0.1) is 0 Å². The van der Waals surface area contributed by atoms with Crippen molar-refractivity contribution >= 4 is 0 Å². The molecule has 1 heterocycles. The average molecular weight is 265 g/mol. The van der Waals surface area contributed by atoms with E-state index in [9.17, 15) is 0 Å². The number of oxazole rings is 1. The van der Waals surface area contributed by atoms with E-state index in [0.717, 1.165) is 22.6 Å². The second-order valence-electron chi connectivity index (χ2n) is 4.57. The van der Waals surface area contributed by atoms with Crippen LogP contribution in [0.15, 0.2) is 59.1 Å². The highest BCUT2D eigenvalue weighted by Gasteiger charge is 2.10. The molecule has 0 amide bonds. The Morgan fingerprint density at radius 2 is 1.75 bits per heavy atom. The summed E-state index contributed by atoms with van der Waals surface area (Å²) in [6.45, 7) is 2.06. The average Bonchev–Trinajstić information content (AvgIpc) is 2.97. The van der Waals surface area contributed by atoms with Crippen LogP contribution in [0.4, 0.5) is 0 Å². The summed E-state index contributed by atoms with van der Waals surface area (Å²) >= 11 is 0. The summed E-state index contributed by atoms with van der Waals surface area (Å²) in [5.41, 5.74) is 3.18. The summed E-state index contributed by atoms with van der Waals surface area (Å²) in [6.07, 6.45) is 1.77. The number of ether oxygens (including phenoxy) is 1. The Morgan fingerprint density at radius 1 is 1.00 bits per heavy atom. The number of nitrogens with zero attached hydrogens (tertiary/aromatic N) is 1. The van der Waals surface area contributed by atoms with Crippen LogP contribution < -0.4 is 4.74 Å². The first-order valence-electron chi connectivity index (χ1n) is 6.44. The maximum absolute atomic E-state index is 5.86. The molecular formula is C17H15NO2. The lowest BCUT2D eigenvalue weighted by molar-refractivity contribution is 0.415. The van der Waals surface area contributed by atoms with Crippen LogP contribution in [0.2, 0.25) is 0 Å². The van der Waals surface area contributed by atoms with Gasteiger partial charge in [0.2, 0.25) is 5.89 Å². The molecule has 0 aliphatic rings. The van der Waals surface area contributed by atoms with Crippen LogP contribution in [0.3, 0.4) is 0 Å². The van der Waals surface area contributed by atoms with Crippen molar-refractivity contribution in [3.8, 4) is 28.5 Å². The number of methoxy groups -OCH3 is 1. The van der Waals surface area contributed by atoms with E-state index in [1.54, 1.807) is 13.3 Å². The van der Waals surface area contributed by atoms with Crippen LogP contribution >= 0.6 is 0 Å². The van der Waals surface area contributed by atoms with Gasteiger partial charge in [0, 0.05) is 11.1 Å². The molecule has 3 rings (SSSR count). The van der Waals surface area contributed by atoms with Crippen molar-refractivity contribution in [2.75, 3.05) is 7.11 Å². The van der Waals surface area contributed by atoms with Crippen molar-refractivity contribution in [1.82, 2.24) is 4.98 Å².